The minimum absolute atomic E-state index is 0.0191. The fourth-order valence-electron chi connectivity index (χ4n) is 1.48. The summed E-state index contributed by atoms with van der Waals surface area (Å²) in [7, 11) is 0. The second kappa shape index (κ2) is 5.75. The normalized spacial score (nSPS) is 10.5. The molecule has 2 rings (SSSR count). The van der Waals surface area contributed by atoms with Gasteiger partial charge in [0.15, 0.2) is 5.82 Å². The summed E-state index contributed by atoms with van der Waals surface area (Å²) in [6, 6.07) is 7.13. The summed E-state index contributed by atoms with van der Waals surface area (Å²) >= 11 is 8.81. The third kappa shape index (κ3) is 3.16. The molecule has 0 unspecified atom stereocenters. The van der Waals surface area contributed by atoms with Crippen LogP contribution in [0.4, 0.5) is 14.5 Å². The van der Waals surface area contributed by atoms with Gasteiger partial charge < -0.3 is 10.5 Å². The Bertz CT molecular complexity index is 622. The highest BCUT2D eigenvalue weighted by molar-refractivity contribution is 9.10. The SMILES string of the molecule is Nc1cccc(COc2cc(F)c(Cl)cc2Br)c1F. The van der Waals surface area contributed by atoms with Crippen LogP contribution in [0.2, 0.25) is 5.02 Å². The van der Waals surface area contributed by atoms with Gasteiger partial charge in [-0.2, -0.15) is 0 Å². The molecule has 0 bridgehead atoms. The van der Waals surface area contributed by atoms with Gasteiger partial charge in [-0.15, -0.1) is 0 Å². The van der Waals surface area contributed by atoms with Gasteiger partial charge >= 0.3 is 0 Å². The summed E-state index contributed by atoms with van der Waals surface area (Å²) in [5.74, 6) is -0.898. The topological polar surface area (TPSA) is 35.2 Å². The van der Waals surface area contributed by atoms with E-state index >= 15 is 0 Å². The van der Waals surface area contributed by atoms with Gasteiger partial charge in [0.05, 0.1) is 15.2 Å². The molecule has 0 saturated heterocycles. The number of nitrogen functional groups attached to an aromatic ring is 1. The summed E-state index contributed by atoms with van der Waals surface area (Å²) in [4.78, 5) is 0. The third-order valence-corrected chi connectivity index (χ3v) is 3.38. The number of benzene rings is 2. The van der Waals surface area contributed by atoms with Gasteiger partial charge in [-0.1, -0.05) is 23.7 Å². The smallest absolute Gasteiger partial charge is 0.152 e. The molecule has 2 N–H and O–H groups in total. The lowest BCUT2D eigenvalue weighted by Gasteiger charge is -2.10. The van der Waals surface area contributed by atoms with Crippen molar-refractivity contribution in [1.82, 2.24) is 0 Å². The highest BCUT2D eigenvalue weighted by atomic mass is 79.9. The Morgan fingerprint density at radius 2 is 2.00 bits per heavy atom. The molecule has 0 spiro atoms. The summed E-state index contributed by atoms with van der Waals surface area (Å²) in [5, 5.41) is -0.0191. The second-order valence-corrected chi connectivity index (χ2v) is 5.07. The molecule has 0 aliphatic heterocycles. The average molecular weight is 349 g/mol. The maximum absolute atomic E-state index is 13.6. The first-order chi connectivity index (χ1) is 8.99. The molecule has 0 saturated carbocycles. The molecule has 0 heterocycles. The number of hydrogen-bond donors (Lipinski definition) is 1. The molecule has 0 fully saturated rings. The van der Waals surface area contributed by atoms with Crippen molar-refractivity contribution in [1.29, 1.82) is 0 Å². The van der Waals surface area contributed by atoms with E-state index in [-0.39, 0.29) is 23.1 Å². The monoisotopic (exact) mass is 347 g/mol. The number of rotatable bonds is 3. The van der Waals surface area contributed by atoms with Gasteiger partial charge in [0, 0.05) is 11.6 Å². The van der Waals surface area contributed by atoms with Crippen LogP contribution in [0.3, 0.4) is 0 Å². The molecular weight excluding hydrogens is 340 g/mol. The first-order valence-corrected chi connectivity index (χ1v) is 6.46. The number of ether oxygens (including phenoxy) is 1. The molecule has 2 aromatic carbocycles. The first kappa shape index (κ1) is 14.1. The molecule has 2 nitrogen and oxygen atoms in total. The molecule has 0 atom stereocenters. The zero-order valence-corrected chi connectivity index (χ0v) is 11.9. The van der Waals surface area contributed by atoms with Crippen molar-refractivity contribution in [3.05, 3.63) is 57.0 Å². The Morgan fingerprint density at radius 1 is 1.26 bits per heavy atom. The van der Waals surface area contributed by atoms with E-state index in [1.165, 1.54) is 12.1 Å². The number of halogens is 4. The van der Waals surface area contributed by atoms with E-state index in [4.69, 9.17) is 22.1 Å². The Hall–Kier alpha value is -1.33. The third-order valence-electron chi connectivity index (χ3n) is 2.47. The molecule has 0 radical (unpaired) electrons. The first-order valence-electron chi connectivity index (χ1n) is 5.29. The van der Waals surface area contributed by atoms with Gasteiger partial charge in [-0.05, 0) is 28.1 Å². The van der Waals surface area contributed by atoms with Crippen LogP contribution < -0.4 is 10.5 Å². The highest BCUT2D eigenvalue weighted by Crippen LogP contribution is 2.31. The Balaban J connectivity index is 2.19. The van der Waals surface area contributed by atoms with E-state index in [2.05, 4.69) is 15.9 Å². The zero-order chi connectivity index (χ0) is 14.0. The summed E-state index contributed by atoms with van der Waals surface area (Å²) < 4.78 is 32.8. The van der Waals surface area contributed by atoms with Crippen LogP contribution in [0.1, 0.15) is 5.56 Å². The fourth-order valence-corrected chi connectivity index (χ4v) is 2.23. The Kier molecular flexibility index (Phi) is 4.27. The van der Waals surface area contributed by atoms with E-state index in [0.717, 1.165) is 6.07 Å². The number of nitrogens with two attached hydrogens (primary N) is 1. The second-order valence-electron chi connectivity index (χ2n) is 3.81. The van der Waals surface area contributed by atoms with Crippen LogP contribution in [-0.2, 0) is 6.61 Å². The van der Waals surface area contributed by atoms with Crippen LogP contribution in [-0.4, -0.2) is 0 Å². The summed E-state index contributed by atoms with van der Waals surface area (Å²) in [6.07, 6.45) is 0. The van der Waals surface area contributed by atoms with Crippen molar-refractivity contribution < 1.29 is 13.5 Å². The lowest BCUT2D eigenvalue weighted by Crippen LogP contribution is -2.02. The predicted molar refractivity (Wildman–Crippen MR) is 74.3 cm³/mol. The van der Waals surface area contributed by atoms with Crippen LogP contribution in [0.25, 0.3) is 0 Å². The maximum Gasteiger partial charge on any atom is 0.152 e. The lowest BCUT2D eigenvalue weighted by atomic mass is 10.2. The van der Waals surface area contributed by atoms with E-state index in [0.29, 0.717) is 10.0 Å². The van der Waals surface area contributed by atoms with Gasteiger partial charge in [-0.3, -0.25) is 0 Å². The summed E-state index contributed by atoms with van der Waals surface area (Å²) in [6.45, 7) is -0.0590. The molecule has 0 aliphatic rings. The average Bonchev–Trinajstić information content (AvgIpc) is 2.37. The Labute approximate surface area is 122 Å². The van der Waals surface area contributed by atoms with E-state index < -0.39 is 11.6 Å². The van der Waals surface area contributed by atoms with Crippen molar-refractivity contribution >= 4 is 33.2 Å². The predicted octanol–water partition coefficient (Wildman–Crippen LogP) is 4.54. The van der Waals surface area contributed by atoms with Crippen molar-refractivity contribution in [2.45, 2.75) is 6.61 Å². The lowest BCUT2D eigenvalue weighted by molar-refractivity contribution is 0.296. The summed E-state index contributed by atoms with van der Waals surface area (Å²) in [5.41, 5.74) is 5.78. The quantitative estimate of drug-likeness (QED) is 0.653. The molecule has 0 aromatic heterocycles. The van der Waals surface area contributed by atoms with Gasteiger partial charge in [0.25, 0.3) is 0 Å². The minimum Gasteiger partial charge on any atom is -0.488 e. The molecule has 19 heavy (non-hydrogen) atoms. The molecule has 6 heteroatoms. The van der Waals surface area contributed by atoms with Gasteiger partial charge in [0.2, 0.25) is 0 Å². The van der Waals surface area contributed by atoms with E-state index in [1.54, 1.807) is 12.1 Å². The van der Waals surface area contributed by atoms with Crippen molar-refractivity contribution in [2.24, 2.45) is 0 Å². The highest BCUT2D eigenvalue weighted by Gasteiger charge is 2.10. The molecular formula is C13H9BrClF2NO. The van der Waals surface area contributed by atoms with E-state index in [9.17, 15) is 8.78 Å². The standard InChI is InChI=1S/C13H9BrClF2NO/c14-8-4-9(15)10(16)5-12(8)19-6-7-2-1-3-11(18)13(7)17/h1-5H,6,18H2. The molecule has 0 aliphatic carbocycles. The van der Waals surface area contributed by atoms with Gasteiger partial charge in [-0.25, -0.2) is 8.78 Å². The largest absolute Gasteiger partial charge is 0.488 e. The maximum atomic E-state index is 13.6. The van der Waals surface area contributed by atoms with Gasteiger partial charge in [0.1, 0.15) is 18.2 Å². The van der Waals surface area contributed by atoms with Crippen LogP contribution >= 0.6 is 27.5 Å². The van der Waals surface area contributed by atoms with Crippen LogP contribution in [0, 0.1) is 11.6 Å². The van der Waals surface area contributed by atoms with Crippen molar-refractivity contribution in [3.8, 4) is 5.75 Å². The van der Waals surface area contributed by atoms with Crippen LogP contribution in [0.5, 0.6) is 5.75 Å². The molecule has 0 amide bonds. The van der Waals surface area contributed by atoms with Crippen molar-refractivity contribution in [3.63, 3.8) is 0 Å². The minimum atomic E-state index is -0.604. The Morgan fingerprint density at radius 3 is 2.74 bits per heavy atom. The zero-order valence-electron chi connectivity index (χ0n) is 9.59. The number of hydrogen-bond acceptors (Lipinski definition) is 2. The number of anilines is 1. The van der Waals surface area contributed by atoms with Crippen LogP contribution in [0.15, 0.2) is 34.8 Å². The fraction of sp³-hybridized carbons (Fsp3) is 0.0769. The van der Waals surface area contributed by atoms with Crippen molar-refractivity contribution in [2.75, 3.05) is 5.73 Å². The molecule has 100 valence electrons. The van der Waals surface area contributed by atoms with E-state index in [1.807, 2.05) is 0 Å². The molecule has 2 aromatic rings.